The monoisotopic (exact) mass is 494 g/mol. The molecule has 1 saturated carbocycles. The van der Waals surface area contributed by atoms with Crippen molar-refractivity contribution in [3.63, 3.8) is 0 Å². The molecule has 0 radical (unpaired) electrons. The molecule has 0 saturated heterocycles. The lowest BCUT2D eigenvalue weighted by molar-refractivity contribution is -0.139. The SMILES string of the molecule is C=C(CO)C(=O)OCCCc1ccc(-c2ccc(CCC3CCC(CCCCC)CC3)cc2F)cc1. The van der Waals surface area contributed by atoms with Gasteiger partial charge in [0.15, 0.2) is 0 Å². The van der Waals surface area contributed by atoms with Gasteiger partial charge in [-0.1, -0.05) is 101 Å². The van der Waals surface area contributed by atoms with Gasteiger partial charge in [-0.3, -0.25) is 0 Å². The summed E-state index contributed by atoms with van der Waals surface area (Å²) in [6, 6.07) is 13.6. The number of aryl methyl sites for hydroxylation is 2. The minimum Gasteiger partial charge on any atom is -0.462 e. The van der Waals surface area contributed by atoms with E-state index in [-0.39, 0.29) is 18.0 Å². The first-order chi connectivity index (χ1) is 17.5. The minimum absolute atomic E-state index is 0.0627. The lowest BCUT2D eigenvalue weighted by Crippen LogP contribution is -2.15. The van der Waals surface area contributed by atoms with E-state index in [1.54, 1.807) is 6.07 Å². The number of unbranched alkanes of at least 4 members (excludes halogenated alkanes) is 2. The van der Waals surface area contributed by atoms with Crippen LogP contribution < -0.4 is 0 Å². The summed E-state index contributed by atoms with van der Waals surface area (Å²) in [7, 11) is 0. The fourth-order valence-corrected chi connectivity index (χ4v) is 5.27. The fraction of sp³-hybridized carbons (Fsp3) is 0.531. The van der Waals surface area contributed by atoms with Crippen LogP contribution in [0.1, 0.15) is 82.3 Å². The number of carbonyl (C=O) groups excluding carboxylic acids is 1. The Balaban J connectivity index is 1.42. The molecule has 36 heavy (non-hydrogen) atoms. The van der Waals surface area contributed by atoms with Gasteiger partial charge in [0.1, 0.15) is 5.82 Å². The maximum Gasteiger partial charge on any atom is 0.335 e. The smallest absolute Gasteiger partial charge is 0.335 e. The van der Waals surface area contributed by atoms with Crippen LogP contribution in [-0.2, 0) is 22.4 Å². The quantitative estimate of drug-likeness (QED) is 0.165. The minimum atomic E-state index is -0.558. The number of ether oxygens (including phenoxy) is 1. The van der Waals surface area contributed by atoms with Crippen LogP contribution in [0.15, 0.2) is 54.6 Å². The van der Waals surface area contributed by atoms with E-state index in [0.717, 1.165) is 41.4 Å². The molecule has 2 aromatic rings. The van der Waals surface area contributed by atoms with Gasteiger partial charge in [0.05, 0.1) is 18.8 Å². The highest BCUT2D eigenvalue weighted by Crippen LogP contribution is 2.34. The molecule has 2 aromatic carbocycles. The van der Waals surface area contributed by atoms with E-state index in [1.807, 2.05) is 30.3 Å². The lowest BCUT2D eigenvalue weighted by atomic mass is 9.78. The maximum atomic E-state index is 14.9. The van der Waals surface area contributed by atoms with Crippen LogP contribution in [0.25, 0.3) is 11.1 Å². The second-order valence-electron chi connectivity index (χ2n) is 10.4. The fourth-order valence-electron chi connectivity index (χ4n) is 5.27. The predicted molar refractivity (Wildman–Crippen MR) is 145 cm³/mol. The van der Waals surface area contributed by atoms with Gasteiger partial charge in [-0.25, -0.2) is 9.18 Å². The topological polar surface area (TPSA) is 46.5 Å². The summed E-state index contributed by atoms with van der Waals surface area (Å²) in [5.41, 5.74) is 3.76. The third-order valence-corrected chi connectivity index (χ3v) is 7.64. The van der Waals surface area contributed by atoms with Crippen LogP contribution >= 0.6 is 0 Å². The average Bonchev–Trinajstić information content (AvgIpc) is 2.90. The number of rotatable bonds is 14. The van der Waals surface area contributed by atoms with Gasteiger partial charge in [-0.2, -0.15) is 0 Å². The van der Waals surface area contributed by atoms with Crippen molar-refractivity contribution in [2.45, 2.75) is 84.0 Å². The Morgan fingerprint density at radius 1 is 0.944 bits per heavy atom. The second-order valence-corrected chi connectivity index (χ2v) is 10.4. The highest BCUT2D eigenvalue weighted by molar-refractivity contribution is 5.87. The average molecular weight is 495 g/mol. The molecule has 1 aliphatic carbocycles. The summed E-state index contributed by atoms with van der Waals surface area (Å²) in [4.78, 5) is 11.5. The van der Waals surface area contributed by atoms with Crippen LogP contribution in [0, 0.1) is 17.7 Å². The van der Waals surface area contributed by atoms with E-state index in [4.69, 9.17) is 9.84 Å². The Kier molecular flexibility index (Phi) is 11.7. The molecular weight excluding hydrogens is 451 g/mol. The van der Waals surface area contributed by atoms with Crippen molar-refractivity contribution in [1.29, 1.82) is 0 Å². The number of aliphatic hydroxyl groups is 1. The van der Waals surface area contributed by atoms with Gasteiger partial charge >= 0.3 is 5.97 Å². The zero-order valence-corrected chi connectivity index (χ0v) is 21.9. The molecule has 0 amide bonds. The molecule has 1 fully saturated rings. The Hall–Kier alpha value is -2.46. The molecule has 4 heteroatoms. The van der Waals surface area contributed by atoms with Gasteiger partial charge in [0, 0.05) is 5.56 Å². The summed E-state index contributed by atoms with van der Waals surface area (Å²) in [5.74, 6) is 1.01. The Morgan fingerprint density at radius 3 is 2.25 bits per heavy atom. The van der Waals surface area contributed by atoms with E-state index in [1.165, 1.54) is 57.8 Å². The van der Waals surface area contributed by atoms with Gasteiger partial charge in [-0.15, -0.1) is 0 Å². The normalized spacial score (nSPS) is 17.6. The third kappa shape index (κ3) is 8.89. The summed E-state index contributed by atoms with van der Waals surface area (Å²) >= 11 is 0. The Labute approximate surface area is 216 Å². The number of aliphatic hydroxyl groups excluding tert-OH is 1. The molecule has 1 aliphatic rings. The summed E-state index contributed by atoms with van der Waals surface area (Å²) in [6.07, 6.45) is 14.4. The maximum absolute atomic E-state index is 14.9. The highest BCUT2D eigenvalue weighted by atomic mass is 19.1. The molecule has 0 atom stereocenters. The van der Waals surface area contributed by atoms with E-state index >= 15 is 0 Å². The summed E-state index contributed by atoms with van der Waals surface area (Å²) < 4.78 is 20.0. The largest absolute Gasteiger partial charge is 0.462 e. The van der Waals surface area contributed by atoms with E-state index < -0.39 is 12.6 Å². The van der Waals surface area contributed by atoms with E-state index in [0.29, 0.717) is 12.0 Å². The number of hydrogen-bond acceptors (Lipinski definition) is 3. The molecule has 3 rings (SSSR count). The highest BCUT2D eigenvalue weighted by Gasteiger charge is 2.20. The van der Waals surface area contributed by atoms with Crippen molar-refractivity contribution >= 4 is 5.97 Å². The van der Waals surface area contributed by atoms with Crippen LogP contribution in [0.2, 0.25) is 0 Å². The number of benzene rings is 2. The zero-order valence-electron chi connectivity index (χ0n) is 21.9. The molecule has 0 spiro atoms. The molecule has 0 bridgehead atoms. The number of esters is 1. The van der Waals surface area contributed by atoms with Crippen LogP contribution in [0.5, 0.6) is 0 Å². The third-order valence-electron chi connectivity index (χ3n) is 7.64. The second kappa shape index (κ2) is 14.9. The van der Waals surface area contributed by atoms with Gasteiger partial charge in [-0.05, 0) is 60.3 Å². The molecule has 0 aromatic heterocycles. The van der Waals surface area contributed by atoms with E-state index in [9.17, 15) is 9.18 Å². The van der Waals surface area contributed by atoms with Crippen molar-refractivity contribution in [3.8, 4) is 11.1 Å². The van der Waals surface area contributed by atoms with E-state index in [2.05, 4.69) is 19.6 Å². The van der Waals surface area contributed by atoms with Gasteiger partial charge in [0.25, 0.3) is 0 Å². The van der Waals surface area contributed by atoms with Crippen molar-refractivity contribution in [2.24, 2.45) is 11.8 Å². The number of hydrogen-bond donors (Lipinski definition) is 1. The summed E-state index contributed by atoms with van der Waals surface area (Å²) in [5, 5.41) is 8.88. The first-order valence-electron chi connectivity index (χ1n) is 13.8. The first-order valence-corrected chi connectivity index (χ1v) is 13.8. The molecule has 0 aliphatic heterocycles. The molecule has 196 valence electrons. The Morgan fingerprint density at radius 2 is 1.61 bits per heavy atom. The molecule has 0 heterocycles. The van der Waals surface area contributed by atoms with Crippen molar-refractivity contribution in [1.82, 2.24) is 0 Å². The predicted octanol–water partition coefficient (Wildman–Crippen LogP) is 7.84. The molecule has 1 N–H and O–H groups in total. The van der Waals surface area contributed by atoms with Crippen LogP contribution in [0.3, 0.4) is 0 Å². The van der Waals surface area contributed by atoms with Crippen LogP contribution in [0.4, 0.5) is 4.39 Å². The Bertz CT molecular complexity index is 958. The van der Waals surface area contributed by atoms with Crippen molar-refractivity contribution < 1.29 is 19.0 Å². The standard InChI is InChI=1S/C32H43FO3/c1-3-4-5-7-25-9-11-27(12-10-25)13-14-28-17-20-30(31(33)22-28)29-18-15-26(16-19-29)8-6-21-36-32(35)24(2)23-34/h15-20,22,25,27,34H,2-14,21,23H2,1H3. The van der Waals surface area contributed by atoms with Crippen molar-refractivity contribution in [2.75, 3.05) is 13.2 Å². The van der Waals surface area contributed by atoms with Crippen LogP contribution in [-0.4, -0.2) is 24.3 Å². The lowest BCUT2D eigenvalue weighted by Gasteiger charge is -2.28. The summed E-state index contributed by atoms with van der Waals surface area (Å²) in [6.45, 7) is 5.61. The first kappa shape index (κ1) is 28.1. The zero-order chi connectivity index (χ0) is 25.8. The van der Waals surface area contributed by atoms with Gasteiger partial charge < -0.3 is 9.84 Å². The number of carbonyl (C=O) groups is 1. The molecule has 3 nitrogen and oxygen atoms in total. The van der Waals surface area contributed by atoms with Gasteiger partial charge in [0.2, 0.25) is 0 Å². The molecule has 0 unspecified atom stereocenters. The molecular formula is C32H43FO3. The number of halogens is 1. The van der Waals surface area contributed by atoms with Crippen molar-refractivity contribution in [3.05, 3.63) is 71.6 Å².